The second-order valence-electron chi connectivity index (χ2n) is 4.64. The predicted molar refractivity (Wildman–Crippen MR) is 86.9 cm³/mol. The van der Waals surface area contributed by atoms with Crippen molar-refractivity contribution in [1.29, 1.82) is 0 Å². The molecule has 1 aromatic carbocycles. The van der Waals surface area contributed by atoms with Gasteiger partial charge in [-0.3, -0.25) is 9.59 Å². The minimum atomic E-state index is -0.417. The fourth-order valence-electron chi connectivity index (χ4n) is 2.00. The number of nitrogens with zero attached hydrogens (tertiary/aromatic N) is 1. The monoisotopic (exact) mass is 301 g/mol. The lowest BCUT2D eigenvalue weighted by Crippen LogP contribution is -2.32. The van der Waals surface area contributed by atoms with E-state index in [0.29, 0.717) is 16.9 Å². The lowest BCUT2D eigenvalue weighted by Gasteiger charge is -2.20. The molecule has 0 radical (unpaired) electrons. The Hall–Kier alpha value is -2.47. The number of hydrogen-bond acceptors (Lipinski definition) is 3. The number of anilines is 1. The van der Waals surface area contributed by atoms with Gasteiger partial charge in [0.1, 0.15) is 10.6 Å². The van der Waals surface area contributed by atoms with Crippen LogP contribution in [0.4, 0.5) is 5.69 Å². The smallest absolute Gasteiger partial charge is 0.263 e. The van der Waals surface area contributed by atoms with Crippen LogP contribution in [0, 0.1) is 6.92 Å². The normalized spacial score (nSPS) is 10.2. The van der Waals surface area contributed by atoms with Crippen LogP contribution in [-0.2, 0) is 0 Å². The molecule has 3 N–H and O–H groups in total. The molecular formula is C15H15N3O2S. The summed E-state index contributed by atoms with van der Waals surface area (Å²) >= 11 is 4.99. The highest BCUT2D eigenvalue weighted by Gasteiger charge is 2.19. The molecule has 6 heteroatoms. The van der Waals surface area contributed by atoms with Crippen molar-refractivity contribution >= 4 is 28.8 Å². The lowest BCUT2D eigenvalue weighted by molar-refractivity contribution is 0.0991. The number of nitrogens with two attached hydrogens (primary N) is 1. The van der Waals surface area contributed by atoms with Gasteiger partial charge < -0.3 is 15.6 Å². The number of thiocarbonyl (C=S) groups is 1. The fraction of sp³-hybridized carbons (Fsp3) is 0.133. The Labute approximate surface area is 127 Å². The number of carbonyl (C=O) groups excluding carboxylic acids is 1. The van der Waals surface area contributed by atoms with Crippen molar-refractivity contribution in [3.8, 4) is 0 Å². The standard InChI is InChI=1S/C15H15N3O2S/c1-9-7-13(19)11(8-17-9)15(20)18(2)12-6-4-3-5-10(12)14(16)21/h3-8H,1-2H3,(H2,16,21)(H,17,19). The Bertz CT molecular complexity index is 768. The Morgan fingerprint density at radius 1 is 1.29 bits per heavy atom. The molecule has 1 amide bonds. The number of benzene rings is 1. The average molecular weight is 301 g/mol. The molecule has 0 aliphatic rings. The van der Waals surface area contributed by atoms with Crippen LogP contribution in [0.5, 0.6) is 0 Å². The van der Waals surface area contributed by atoms with Crippen LogP contribution in [0.1, 0.15) is 21.6 Å². The summed E-state index contributed by atoms with van der Waals surface area (Å²) in [5, 5.41) is 0. The number of carbonyl (C=O) groups is 1. The van der Waals surface area contributed by atoms with Crippen LogP contribution in [0.3, 0.4) is 0 Å². The van der Waals surface area contributed by atoms with E-state index < -0.39 is 5.91 Å². The van der Waals surface area contributed by atoms with Gasteiger partial charge in [-0.15, -0.1) is 0 Å². The second-order valence-corrected chi connectivity index (χ2v) is 5.08. The van der Waals surface area contributed by atoms with E-state index in [1.165, 1.54) is 17.2 Å². The molecule has 0 atom stereocenters. The summed E-state index contributed by atoms with van der Waals surface area (Å²) < 4.78 is 0. The Morgan fingerprint density at radius 3 is 2.57 bits per heavy atom. The Morgan fingerprint density at radius 2 is 1.95 bits per heavy atom. The molecule has 0 spiro atoms. The highest BCUT2D eigenvalue weighted by molar-refractivity contribution is 7.80. The zero-order valence-corrected chi connectivity index (χ0v) is 12.5. The van der Waals surface area contributed by atoms with Gasteiger partial charge >= 0.3 is 0 Å². The maximum Gasteiger partial charge on any atom is 0.263 e. The first-order chi connectivity index (χ1) is 9.91. The molecule has 0 fully saturated rings. The van der Waals surface area contributed by atoms with Crippen LogP contribution in [0.2, 0.25) is 0 Å². The van der Waals surface area contributed by atoms with Gasteiger partial charge in [0.2, 0.25) is 0 Å². The van der Waals surface area contributed by atoms with E-state index in [-0.39, 0.29) is 16.0 Å². The molecule has 2 aromatic rings. The van der Waals surface area contributed by atoms with Crippen molar-refractivity contribution in [3.63, 3.8) is 0 Å². The van der Waals surface area contributed by atoms with E-state index in [9.17, 15) is 9.59 Å². The third-order valence-corrected chi connectivity index (χ3v) is 3.34. The molecule has 0 aliphatic carbocycles. The van der Waals surface area contributed by atoms with Crippen molar-refractivity contribution in [3.05, 3.63) is 63.6 Å². The van der Waals surface area contributed by atoms with E-state index in [0.717, 1.165) is 0 Å². The number of nitrogens with one attached hydrogen (secondary N) is 1. The van der Waals surface area contributed by atoms with Crippen molar-refractivity contribution in [2.75, 3.05) is 11.9 Å². The van der Waals surface area contributed by atoms with E-state index in [4.69, 9.17) is 18.0 Å². The highest BCUT2D eigenvalue weighted by Crippen LogP contribution is 2.20. The summed E-state index contributed by atoms with van der Waals surface area (Å²) in [6.07, 6.45) is 1.42. The number of para-hydroxylation sites is 1. The Balaban J connectivity index is 2.45. The minimum Gasteiger partial charge on any atom is -0.389 e. The molecule has 108 valence electrons. The van der Waals surface area contributed by atoms with Crippen molar-refractivity contribution in [2.24, 2.45) is 5.73 Å². The van der Waals surface area contributed by atoms with Gasteiger partial charge in [-0.1, -0.05) is 24.4 Å². The van der Waals surface area contributed by atoms with Crippen LogP contribution in [0.15, 0.2) is 41.3 Å². The molecule has 0 aliphatic heterocycles. The quantitative estimate of drug-likeness (QED) is 0.844. The van der Waals surface area contributed by atoms with Crippen molar-refractivity contribution in [1.82, 2.24) is 4.98 Å². The van der Waals surface area contributed by atoms with Crippen LogP contribution < -0.4 is 16.1 Å². The van der Waals surface area contributed by atoms with Crippen molar-refractivity contribution in [2.45, 2.75) is 6.92 Å². The predicted octanol–water partition coefficient (Wildman–Crippen LogP) is 1.59. The van der Waals surface area contributed by atoms with Gasteiger partial charge in [0.05, 0.1) is 5.69 Å². The molecule has 21 heavy (non-hydrogen) atoms. The third kappa shape index (κ3) is 3.00. The zero-order chi connectivity index (χ0) is 15.6. The SMILES string of the molecule is Cc1cc(=O)c(C(=O)N(C)c2ccccc2C(N)=S)c[nH]1. The number of pyridine rings is 1. The van der Waals surface area contributed by atoms with E-state index in [1.54, 1.807) is 38.2 Å². The first-order valence-corrected chi connectivity index (χ1v) is 6.69. The molecular weight excluding hydrogens is 286 g/mol. The second kappa shape index (κ2) is 5.88. The third-order valence-electron chi connectivity index (χ3n) is 3.12. The first kappa shape index (κ1) is 14.9. The summed E-state index contributed by atoms with van der Waals surface area (Å²) in [6.45, 7) is 1.75. The maximum absolute atomic E-state index is 12.5. The maximum atomic E-state index is 12.5. The number of aromatic nitrogens is 1. The van der Waals surface area contributed by atoms with Gasteiger partial charge in [0.15, 0.2) is 5.43 Å². The molecule has 1 aromatic heterocycles. The molecule has 0 saturated heterocycles. The molecule has 2 rings (SSSR count). The minimum absolute atomic E-state index is 0.0702. The number of hydrogen-bond donors (Lipinski definition) is 2. The van der Waals surface area contributed by atoms with E-state index >= 15 is 0 Å². The summed E-state index contributed by atoms with van der Waals surface area (Å²) in [5.41, 5.74) is 7.27. The summed E-state index contributed by atoms with van der Waals surface area (Å²) in [6, 6.07) is 8.42. The highest BCUT2D eigenvalue weighted by atomic mass is 32.1. The number of amides is 1. The number of H-pyrrole nitrogens is 1. The lowest BCUT2D eigenvalue weighted by atomic mass is 10.1. The van der Waals surface area contributed by atoms with Gasteiger partial charge in [-0.25, -0.2) is 0 Å². The average Bonchev–Trinajstić information content (AvgIpc) is 2.45. The van der Waals surface area contributed by atoms with Gasteiger partial charge in [-0.05, 0) is 19.1 Å². The molecule has 0 bridgehead atoms. The molecule has 0 unspecified atom stereocenters. The van der Waals surface area contributed by atoms with Crippen LogP contribution in [-0.4, -0.2) is 22.9 Å². The van der Waals surface area contributed by atoms with Gasteiger partial charge in [0, 0.05) is 30.6 Å². The molecule has 0 saturated carbocycles. The number of aryl methyl sites for hydroxylation is 1. The summed E-state index contributed by atoms with van der Waals surface area (Å²) in [7, 11) is 1.58. The van der Waals surface area contributed by atoms with E-state index in [2.05, 4.69) is 4.98 Å². The largest absolute Gasteiger partial charge is 0.389 e. The van der Waals surface area contributed by atoms with Crippen molar-refractivity contribution < 1.29 is 4.79 Å². The van der Waals surface area contributed by atoms with Gasteiger partial charge in [-0.2, -0.15) is 0 Å². The Kier molecular flexibility index (Phi) is 4.18. The summed E-state index contributed by atoms with van der Waals surface area (Å²) in [5.74, 6) is -0.417. The van der Waals surface area contributed by atoms with Crippen LogP contribution >= 0.6 is 12.2 Å². The van der Waals surface area contributed by atoms with Gasteiger partial charge in [0.25, 0.3) is 5.91 Å². The molecule has 5 nitrogen and oxygen atoms in total. The molecule has 1 heterocycles. The fourth-order valence-corrected chi connectivity index (χ4v) is 2.18. The number of rotatable bonds is 3. The van der Waals surface area contributed by atoms with E-state index in [1.807, 2.05) is 0 Å². The zero-order valence-electron chi connectivity index (χ0n) is 11.7. The number of aromatic amines is 1. The van der Waals surface area contributed by atoms with Crippen LogP contribution in [0.25, 0.3) is 0 Å². The first-order valence-electron chi connectivity index (χ1n) is 6.28. The summed E-state index contributed by atoms with van der Waals surface area (Å²) in [4.78, 5) is 28.8. The topological polar surface area (TPSA) is 79.2 Å².